The average molecular weight is 605 g/mol. The Morgan fingerprint density at radius 2 is 1.59 bits per heavy atom. The molecule has 0 N–H and O–H groups in total. The molecule has 0 unspecified atom stereocenters. The van der Waals surface area contributed by atoms with Crippen molar-refractivity contribution in [2.24, 2.45) is 0 Å². The fourth-order valence-electron chi connectivity index (χ4n) is 5.64. The maximum atomic E-state index is 13.6. The van der Waals surface area contributed by atoms with Gasteiger partial charge in [-0.15, -0.1) is 0 Å². The molecule has 0 aromatic heterocycles. The zero-order chi connectivity index (χ0) is 26.3. The van der Waals surface area contributed by atoms with E-state index >= 15 is 0 Å². The van der Waals surface area contributed by atoms with Gasteiger partial charge in [0.15, 0.2) is 23.1 Å². The fourth-order valence-corrected chi connectivity index (χ4v) is 6.56. The van der Waals surface area contributed by atoms with Gasteiger partial charge in [0, 0.05) is 50.8 Å². The van der Waals surface area contributed by atoms with Crippen molar-refractivity contribution >= 4 is 56.4 Å². The van der Waals surface area contributed by atoms with Crippen molar-refractivity contribution in [3.63, 3.8) is 0 Å². The number of benzene rings is 2. The molecule has 0 fully saturated rings. The van der Waals surface area contributed by atoms with Gasteiger partial charge in [-0.25, -0.2) is 0 Å². The number of hydrogen-bond acceptors (Lipinski definition) is 5. The van der Waals surface area contributed by atoms with Crippen molar-refractivity contribution in [1.29, 1.82) is 0 Å². The molecule has 2 aromatic carbocycles. The lowest BCUT2D eigenvalue weighted by Gasteiger charge is -2.44. The summed E-state index contributed by atoms with van der Waals surface area (Å²) in [6.07, 6.45) is 4.64. The van der Waals surface area contributed by atoms with Crippen LogP contribution >= 0.6 is 39.1 Å². The zero-order valence-corrected chi connectivity index (χ0v) is 23.9. The van der Waals surface area contributed by atoms with E-state index in [1.54, 1.807) is 19.2 Å². The van der Waals surface area contributed by atoms with Crippen LogP contribution < -0.4 is 14.4 Å². The molecule has 3 aliphatic rings. The standard InChI is InChI=1S/C29H28BrCl2NO4/c1-3-12-37-26-15-18(30)17(14-25(26)36-2)27-28-20(6-4-8-23(28)34)33(21-7-5-9-24(35)29(21)27)22-13-16(31)10-11-19(22)32/h10-11,13-15,27H,3-9,12H2,1-2H3. The van der Waals surface area contributed by atoms with Gasteiger partial charge in [-0.05, 0) is 68.0 Å². The topological polar surface area (TPSA) is 55.8 Å². The second-order valence-electron chi connectivity index (χ2n) is 9.51. The van der Waals surface area contributed by atoms with E-state index in [2.05, 4.69) is 15.9 Å². The summed E-state index contributed by atoms with van der Waals surface area (Å²) in [5.41, 5.74) is 4.63. The van der Waals surface area contributed by atoms with Crippen LogP contribution in [0.5, 0.6) is 11.5 Å². The first-order chi connectivity index (χ1) is 17.8. The lowest BCUT2D eigenvalue weighted by Crippen LogP contribution is -2.39. The Morgan fingerprint density at radius 3 is 2.19 bits per heavy atom. The Kier molecular flexibility index (Phi) is 7.71. The molecule has 1 heterocycles. The highest BCUT2D eigenvalue weighted by atomic mass is 79.9. The Morgan fingerprint density at radius 1 is 0.946 bits per heavy atom. The van der Waals surface area contributed by atoms with Gasteiger partial charge in [0.2, 0.25) is 0 Å². The number of halogens is 3. The van der Waals surface area contributed by atoms with Crippen LogP contribution in [0.1, 0.15) is 63.4 Å². The van der Waals surface area contributed by atoms with E-state index in [4.69, 9.17) is 32.7 Å². The molecule has 0 spiro atoms. The van der Waals surface area contributed by atoms with Gasteiger partial charge in [-0.2, -0.15) is 0 Å². The Hall–Kier alpha value is -2.28. The molecule has 0 amide bonds. The normalized spacial score (nSPS) is 18.2. The summed E-state index contributed by atoms with van der Waals surface area (Å²) >= 11 is 16.8. The van der Waals surface area contributed by atoms with Gasteiger partial charge in [0.05, 0.1) is 24.4 Å². The second-order valence-corrected chi connectivity index (χ2v) is 11.2. The monoisotopic (exact) mass is 603 g/mol. The quantitative estimate of drug-likeness (QED) is 0.333. The van der Waals surface area contributed by atoms with Crippen molar-refractivity contribution in [1.82, 2.24) is 0 Å². The number of methoxy groups -OCH3 is 1. The SMILES string of the molecule is CCCOc1cc(Br)c(C2C3=C(CCCC3=O)N(c3cc(Cl)ccc3Cl)C3=C2C(=O)CCC3)cc1OC. The van der Waals surface area contributed by atoms with Crippen LogP contribution in [0.2, 0.25) is 10.0 Å². The number of hydrogen-bond donors (Lipinski definition) is 0. The second kappa shape index (κ2) is 10.8. The van der Waals surface area contributed by atoms with Crippen LogP contribution in [-0.4, -0.2) is 25.3 Å². The molecule has 8 heteroatoms. The number of carbonyl (C=O) groups excluding carboxylic acids is 2. The summed E-state index contributed by atoms with van der Waals surface area (Å²) in [5.74, 6) is 0.801. The number of carbonyl (C=O) groups is 2. The third-order valence-electron chi connectivity index (χ3n) is 7.18. The first kappa shape index (κ1) is 26.3. The highest BCUT2D eigenvalue weighted by molar-refractivity contribution is 9.10. The molecule has 37 heavy (non-hydrogen) atoms. The number of rotatable bonds is 6. The van der Waals surface area contributed by atoms with Crippen LogP contribution in [0.4, 0.5) is 5.69 Å². The van der Waals surface area contributed by atoms with Crippen LogP contribution in [0.25, 0.3) is 0 Å². The molecule has 0 radical (unpaired) electrons. The Labute approximate surface area is 235 Å². The van der Waals surface area contributed by atoms with Crippen molar-refractivity contribution in [2.45, 2.75) is 57.8 Å². The first-order valence-electron chi connectivity index (χ1n) is 12.6. The molecule has 194 valence electrons. The molecule has 0 saturated carbocycles. The number of anilines is 1. The molecule has 2 aliphatic carbocycles. The average Bonchev–Trinajstić information content (AvgIpc) is 2.88. The van der Waals surface area contributed by atoms with Gasteiger partial charge < -0.3 is 14.4 Å². The first-order valence-corrected chi connectivity index (χ1v) is 14.2. The fraction of sp³-hybridized carbons (Fsp3) is 0.379. The van der Waals surface area contributed by atoms with E-state index in [-0.39, 0.29) is 11.6 Å². The number of nitrogens with zero attached hydrogens (tertiary/aromatic N) is 1. The summed E-state index contributed by atoms with van der Waals surface area (Å²) in [6.45, 7) is 2.60. The van der Waals surface area contributed by atoms with Gasteiger partial charge in [-0.1, -0.05) is 46.1 Å². The molecule has 0 saturated heterocycles. The van der Waals surface area contributed by atoms with E-state index in [0.717, 1.165) is 40.7 Å². The summed E-state index contributed by atoms with van der Waals surface area (Å²) in [4.78, 5) is 29.3. The lowest BCUT2D eigenvalue weighted by molar-refractivity contribution is -0.116. The number of ether oxygens (including phenoxy) is 2. The third-order valence-corrected chi connectivity index (χ3v) is 8.42. The van der Waals surface area contributed by atoms with Gasteiger partial charge in [-0.3, -0.25) is 9.59 Å². The van der Waals surface area contributed by atoms with E-state index in [1.165, 1.54) is 0 Å². The summed E-state index contributed by atoms with van der Waals surface area (Å²) in [5, 5.41) is 1.07. The summed E-state index contributed by atoms with van der Waals surface area (Å²) in [6, 6.07) is 9.11. The smallest absolute Gasteiger partial charge is 0.162 e. The molecule has 0 atom stereocenters. The zero-order valence-electron chi connectivity index (χ0n) is 20.8. The van der Waals surface area contributed by atoms with Gasteiger partial charge in [0.25, 0.3) is 0 Å². The maximum absolute atomic E-state index is 13.6. The molecule has 5 rings (SSSR count). The van der Waals surface area contributed by atoms with Crippen LogP contribution in [0.3, 0.4) is 0 Å². The van der Waals surface area contributed by atoms with Crippen molar-refractivity contribution in [3.8, 4) is 11.5 Å². The minimum Gasteiger partial charge on any atom is -0.493 e. The van der Waals surface area contributed by atoms with E-state index in [1.807, 2.05) is 30.0 Å². The van der Waals surface area contributed by atoms with E-state index in [9.17, 15) is 9.59 Å². The molecule has 2 aromatic rings. The molecular weight excluding hydrogens is 577 g/mol. The third kappa shape index (κ3) is 4.73. The lowest BCUT2D eigenvalue weighted by atomic mass is 9.70. The van der Waals surface area contributed by atoms with E-state index < -0.39 is 5.92 Å². The van der Waals surface area contributed by atoms with Crippen LogP contribution in [0, 0.1) is 0 Å². The maximum Gasteiger partial charge on any atom is 0.162 e. The predicted octanol–water partition coefficient (Wildman–Crippen LogP) is 8.17. The largest absolute Gasteiger partial charge is 0.493 e. The minimum absolute atomic E-state index is 0.0523. The van der Waals surface area contributed by atoms with Gasteiger partial charge >= 0.3 is 0 Å². The number of allylic oxidation sites excluding steroid dienone is 4. The molecular formula is C29H28BrCl2NO4. The molecule has 0 bridgehead atoms. The summed E-state index contributed by atoms with van der Waals surface area (Å²) in [7, 11) is 1.60. The van der Waals surface area contributed by atoms with Crippen LogP contribution in [0.15, 0.2) is 57.3 Å². The molecule has 1 aliphatic heterocycles. The summed E-state index contributed by atoms with van der Waals surface area (Å²) < 4.78 is 12.4. The Bertz CT molecular complexity index is 1310. The van der Waals surface area contributed by atoms with E-state index in [0.29, 0.717) is 70.7 Å². The minimum atomic E-state index is -0.497. The Balaban J connectivity index is 1.78. The highest BCUT2D eigenvalue weighted by Gasteiger charge is 2.45. The highest BCUT2D eigenvalue weighted by Crippen LogP contribution is 2.53. The number of ketones is 2. The predicted molar refractivity (Wildman–Crippen MR) is 150 cm³/mol. The van der Waals surface area contributed by atoms with Crippen molar-refractivity contribution in [2.75, 3.05) is 18.6 Å². The van der Waals surface area contributed by atoms with Crippen LogP contribution in [-0.2, 0) is 9.59 Å². The number of Topliss-reactive ketones (excluding diaryl/α,β-unsaturated/α-hetero) is 2. The molecule has 5 nitrogen and oxygen atoms in total. The van der Waals surface area contributed by atoms with Crippen molar-refractivity contribution in [3.05, 3.63) is 73.0 Å². The van der Waals surface area contributed by atoms with Crippen molar-refractivity contribution < 1.29 is 19.1 Å². The van der Waals surface area contributed by atoms with Gasteiger partial charge in [0.1, 0.15) is 0 Å².